The molecule has 0 bridgehead atoms. The summed E-state index contributed by atoms with van der Waals surface area (Å²) in [5.74, 6) is 0. The molecule has 2 heteroatoms. The van der Waals surface area contributed by atoms with E-state index in [-0.39, 0.29) is 0 Å². The molecule has 2 heterocycles. The molecule has 0 fully saturated rings. The number of rotatable bonds is 4. The summed E-state index contributed by atoms with van der Waals surface area (Å²) in [5, 5.41) is 7.66. The number of nitrogens with zero attached hydrogens (tertiary/aromatic N) is 2. The Morgan fingerprint density at radius 1 is 0.535 bits per heavy atom. The van der Waals surface area contributed by atoms with Crippen molar-refractivity contribution in [3.63, 3.8) is 0 Å². The monoisotopic (exact) mass is 552 g/mol. The molecule has 0 aliphatic carbocycles. The van der Waals surface area contributed by atoms with Gasteiger partial charge in [0.15, 0.2) is 0 Å². The van der Waals surface area contributed by atoms with Crippen LogP contribution in [0.4, 0.5) is 0 Å². The van der Waals surface area contributed by atoms with Crippen molar-refractivity contribution in [1.82, 2.24) is 0 Å². The van der Waals surface area contributed by atoms with Crippen LogP contribution in [0.25, 0.3) is 60.1 Å². The van der Waals surface area contributed by atoms with Crippen LogP contribution in [-0.2, 0) is 0 Å². The fourth-order valence-electron chi connectivity index (χ4n) is 6.96. The predicted octanol–water partition coefficient (Wildman–Crippen LogP) is 11.1. The number of fused-ring (bicyclic) bond motifs is 3. The molecule has 2 aliphatic rings. The highest BCUT2D eigenvalue weighted by Crippen LogP contribution is 2.44. The number of benzene rings is 6. The summed E-state index contributed by atoms with van der Waals surface area (Å²) in [6.07, 6.45) is 10.1. The van der Waals surface area contributed by atoms with Gasteiger partial charge in [-0.25, -0.2) is 0 Å². The third-order valence-electron chi connectivity index (χ3n) is 9.05. The van der Waals surface area contributed by atoms with Crippen molar-refractivity contribution in [2.75, 3.05) is 0 Å². The Hall–Kier alpha value is -5.08. The minimum atomic E-state index is 0.950. The molecule has 0 radical (unpaired) electrons. The lowest BCUT2D eigenvalue weighted by molar-refractivity contribution is 1.04. The molecule has 8 rings (SSSR count). The van der Waals surface area contributed by atoms with Gasteiger partial charge < -0.3 is 0 Å². The van der Waals surface area contributed by atoms with Gasteiger partial charge in [-0.1, -0.05) is 109 Å². The zero-order valence-electron chi connectivity index (χ0n) is 24.3. The fourth-order valence-corrected chi connectivity index (χ4v) is 6.96. The first kappa shape index (κ1) is 25.6. The molecule has 2 nitrogen and oxygen atoms in total. The number of hydrogen-bond donors (Lipinski definition) is 0. The molecule has 0 amide bonds. The summed E-state index contributed by atoms with van der Waals surface area (Å²) in [6, 6.07) is 40.3. The van der Waals surface area contributed by atoms with E-state index in [0.29, 0.717) is 0 Å². The Morgan fingerprint density at radius 2 is 1.14 bits per heavy atom. The summed E-state index contributed by atoms with van der Waals surface area (Å²) in [5.41, 5.74) is 11.3. The van der Waals surface area contributed by atoms with Crippen LogP contribution in [0.3, 0.4) is 0 Å². The maximum atomic E-state index is 4.86. The molecule has 2 aliphatic heterocycles. The minimum Gasteiger partial charge on any atom is -0.260 e. The Bertz CT molecular complexity index is 2130. The van der Waals surface area contributed by atoms with Crippen molar-refractivity contribution >= 4 is 49.3 Å². The number of hydrogen-bond acceptors (Lipinski definition) is 2. The maximum Gasteiger partial charge on any atom is 0.0621 e. The first-order chi connectivity index (χ1) is 21.2. The smallest absolute Gasteiger partial charge is 0.0621 e. The van der Waals surface area contributed by atoms with E-state index in [1.54, 1.807) is 0 Å². The van der Waals surface area contributed by atoms with Gasteiger partial charge in [0.25, 0.3) is 0 Å². The normalized spacial score (nSPS) is 15.0. The van der Waals surface area contributed by atoms with Crippen molar-refractivity contribution in [2.45, 2.75) is 32.6 Å². The van der Waals surface area contributed by atoms with Crippen LogP contribution >= 0.6 is 0 Å². The van der Waals surface area contributed by atoms with E-state index >= 15 is 0 Å². The van der Waals surface area contributed by atoms with Gasteiger partial charge in [-0.3, -0.25) is 9.98 Å². The van der Waals surface area contributed by atoms with Gasteiger partial charge in [-0.2, -0.15) is 0 Å². The summed E-state index contributed by atoms with van der Waals surface area (Å²) in [7, 11) is 0. The quantitative estimate of drug-likeness (QED) is 0.194. The van der Waals surface area contributed by atoms with Gasteiger partial charge >= 0.3 is 0 Å². The van der Waals surface area contributed by atoms with Gasteiger partial charge in [0, 0.05) is 12.4 Å². The average Bonchev–Trinajstić information content (AvgIpc) is 3.07. The predicted molar refractivity (Wildman–Crippen MR) is 185 cm³/mol. The maximum absolute atomic E-state index is 4.86. The average molecular weight is 553 g/mol. The van der Waals surface area contributed by atoms with E-state index in [9.17, 15) is 0 Å². The third kappa shape index (κ3) is 4.51. The number of aryl methyl sites for hydroxylation is 1. The zero-order chi connectivity index (χ0) is 28.8. The van der Waals surface area contributed by atoms with Gasteiger partial charge in [-0.15, -0.1) is 0 Å². The number of allylic oxidation sites excluding steroid dienone is 2. The third-order valence-corrected chi connectivity index (χ3v) is 9.05. The van der Waals surface area contributed by atoms with Crippen LogP contribution in [0.5, 0.6) is 0 Å². The molecule has 6 aromatic carbocycles. The lowest BCUT2D eigenvalue weighted by Crippen LogP contribution is -2.17. The standard InChI is InChI=1S/C41H32N2/c1-27-24-30(19-21-33(27)32-20-22-39(43-26-32)38-16-8-9-23-42-38)40-34-12-4-6-14-36(34)41(37-15-7-5-13-35(37)40)31-18-17-28-10-2-3-11-29(28)25-31/h2-7,9-15,17-19,21,23-26H,8,16,20,22H2,1H3. The topological polar surface area (TPSA) is 24.7 Å². The molecule has 0 saturated heterocycles. The van der Waals surface area contributed by atoms with E-state index in [0.717, 1.165) is 37.1 Å². The number of aliphatic imine (C=N–C) groups is 2. The second-order valence-corrected chi connectivity index (χ2v) is 11.7. The van der Waals surface area contributed by atoms with Gasteiger partial charge in [0.05, 0.1) is 11.4 Å². The zero-order valence-corrected chi connectivity index (χ0v) is 24.3. The Balaban J connectivity index is 1.27. The molecule has 6 aromatic rings. The Kier molecular flexibility index (Phi) is 6.34. The van der Waals surface area contributed by atoms with Crippen molar-refractivity contribution in [1.29, 1.82) is 0 Å². The molecule has 0 saturated carbocycles. The molecule has 0 atom stereocenters. The summed E-state index contributed by atoms with van der Waals surface area (Å²) in [6.45, 7) is 2.24. The molecule has 206 valence electrons. The first-order valence-corrected chi connectivity index (χ1v) is 15.3. The van der Waals surface area contributed by atoms with E-state index in [2.05, 4.69) is 133 Å². The Labute approximate surface area is 252 Å². The lowest BCUT2D eigenvalue weighted by atomic mass is 9.84. The van der Waals surface area contributed by atoms with Gasteiger partial charge in [-0.05, 0) is 110 Å². The highest BCUT2D eigenvalue weighted by atomic mass is 14.8. The highest BCUT2D eigenvalue weighted by molar-refractivity contribution is 6.43. The largest absolute Gasteiger partial charge is 0.260 e. The first-order valence-electron chi connectivity index (χ1n) is 15.3. The molecule has 43 heavy (non-hydrogen) atoms. The van der Waals surface area contributed by atoms with Gasteiger partial charge in [0.2, 0.25) is 0 Å². The second kappa shape index (κ2) is 10.6. The van der Waals surface area contributed by atoms with E-state index in [4.69, 9.17) is 4.99 Å². The fraction of sp³-hybridized carbons (Fsp3) is 0.122. The lowest BCUT2D eigenvalue weighted by Gasteiger charge is -2.20. The highest BCUT2D eigenvalue weighted by Gasteiger charge is 2.19. The Morgan fingerprint density at radius 3 is 1.74 bits per heavy atom. The summed E-state index contributed by atoms with van der Waals surface area (Å²) in [4.78, 5) is 9.44. The molecule has 0 aromatic heterocycles. The van der Waals surface area contributed by atoms with Crippen LogP contribution in [-0.4, -0.2) is 11.4 Å². The summed E-state index contributed by atoms with van der Waals surface area (Å²) >= 11 is 0. The molecule has 0 unspecified atom stereocenters. The SMILES string of the molecule is Cc1cc(-c2c3ccccc3c(-c3ccc4ccccc4c3)c3ccccc23)ccc1C1=CN=C(C2=NC=CCC2)CC1. The molecule has 0 spiro atoms. The van der Waals surface area contributed by atoms with Crippen molar-refractivity contribution in [3.05, 3.63) is 139 Å². The van der Waals surface area contributed by atoms with E-state index in [1.807, 2.05) is 6.20 Å². The van der Waals surface area contributed by atoms with E-state index < -0.39 is 0 Å². The molecular formula is C41H32N2. The van der Waals surface area contributed by atoms with Crippen molar-refractivity contribution in [3.8, 4) is 22.3 Å². The van der Waals surface area contributed by atoms with Crippen LogP contribution in [0.2, 0.25) is 0 Å². The van der Waals surface area contributed by atoms with Crippen LogP contribution in [0, 0.1) is 6.92 Å². The van der Waals surface area contributed by atoms with Crippen molar-refractivity contribution in [2.24, 2.45) is 9.98 Å². The van der Waals surface area contributed by atoms with E-state index in [1.165, 1.54) is 71.3 Å². The van der Waals surface area contributed by atoms with Crippen LogP contribution in [0.1, 0.15) is 36.8 Å². The summed E-state index contributed by atoms with van der Waals surface area (Å²) < 4.78 is 0. The second-order valence-electron chi connectivity index (χ2n) is 11.7. The van der Waals surface area contributed by atoms with Crippen LogP contribution in [0.15, 0.2) is 138 Å². The minimum absolute atomic E-state index is 0.950. The van der Waals surface area contributed by atoms with Crippen LogP contribution < -0.4 is 0 Å². The van der Waals surface area contributed by atoms with Crippen molar-refractivity contribution < 1.29 is 0 Å². The molecule has 0 N–H and O–H groups in total. The van der Waals surface area contributed by atoms with Gasteiger partial charge in [0.1, 0.15) is 0 Å². The molecular weight excluding hydrogens is 520 g/mol.